The van der Waals surface area contributed by atoms with Crippen LogP contribution in [0.3, 0.4) is 0 Å². The predicted octanol–water partition coefficient (Wildman–Crippen LogP) is 2.41. The molecule has 0 unspecified atom stereocenters. The van der Waals surface area contributed by atoms with E-state index in [0.717, 1.165) is 12.1 Å². The van der Waals surface area contributed by atoms with Crippen molar-refractivity contribution in [3.8, 4) is 5.69 Å². The van der Waals surface area contributed by atoms with Gasteiger partial charge in [0.1, 0.15) is 11.8 Å². The molecule has 0 bridgehead atoms. The lowest BCUT2D eigenvalue weighted by molar-refractivity contribution is -0.119. The Morgan fingerprint density at radius 1 is 1.30 bits per heavy atom. The molecule has 1 N–H and O–H groups in total. The number of rotatable bonds is 4. The van der Waals surface area contributed by atoms with Gasteiger partial charge in [0.15, 0.2) is 12.1 Å². The second-order valence-corrected chi connectivity index (χ2v) is 6.40. The Morgan fingerprint density at radius 3 is 2.93 bits per heavy atom. The third-order valence-electron chi connectivity index (χ3n) is 4.65. The van der Waals surface area contributed by atoms with Crippen molar-refractivity contribution in [3.05, 3.63) is 60.6 Å². The molecule has 8 heteroatoms. The standard InChI is InChI=1S/C19H19N5O3/c1-13-17(20-12-27-13)19(26)23-9-3-7-16(23)18(25)22-14-5-2-6-15(11-14)24-10-4-8-21-24/h2,4-6,8,10-12,16H,3,7,9H2,1H3,(H,22,25)/t16-/m0/s1. The van der Waals surface area contributed by atoms with E-state index in [1.165, 1.54) is 6.39 Å². The smallest absolute Gasteiger partial charge is 0.276 e. The van der Waals surface area contributed by atoms with Crippen LogP contribution < -0.4 is 5.32 Å². The molecule has 4 rings (SSSR count). The normalized spacial score (nSPS) is 16.5. The number of hydrogen-bond acceptors (Lipinski definition) is 5. The quantitative estimate of drug-likeness (QED) is 0.766. The monoisotopic (exact) mass is 365 g/mol. The Morgan fingerprint density at radius 2 is 2.19 bits per heavy atom. The van der Waals surface area contributed by atoms with E-state index >= 15 is 0 Å². The van der Waals surface area contributed by atoms with Crippen LogP contribution in [0.2, 0.25) is 0 Å². The zero-order chi connectivity index (χ0) is 18.8. The molecule has 2 aromatic heterocycles. The molecule has 3 heterocycles. The Balaban J connectivity index is 1.50. The van der Waals surface area contributed by atoms with Crippen molar-refractivity contribution in [2.24, 2.45) is 0 Å². The first-order chi connectivity index (χ1) is 13.1. The summed E-state index contributed by atoms with van der Waals surface area (Å²) in [6.45, 7) is 2.21. The summed E-state index contributed by atoms with van der Waals surface area (Å²) in [6, 6.07) is 8.72. The van der Waals surface area contributed by atoms with E-state index in [1.54, 1.807) is 22.7 Å². The van der Waals surface area contributed by atoms with Crippen LogP contribution in [-0.4, -0.2) is 44.1 Å². The third kappa shape index (κ3) is 3.33. The van der Waals surface area contributed by atoms with E-state index in [4.69, 9.17) is 4.42 Å². The number of nitrogens with zero attached hydrogens (tertiary/aromatic N) is 4. The maximum Gasteiger partial charge on any atom is 0.276 e. The van der Waals surface area contributed by atoms with Gasteiger partial charge in [0.2, 0.25) is 5.91 Å². The Kier molecular flexibility index (Phi) is 4.45. The summed E-state index contributed by atoms with van der Waals surface area (Å²) < 4.78 is 6.83. The lowest BCUT2D eigenvalue weighted by Crippen LogP contribution is -2.43. The Bertz CT molecular complexity index is 963. The molecule has 1 aliphatic rings. The van der Waals surface area contributed by atoms with Gasteiger partial charge in [0.25, 0.3) is 5.91 Å². The number of anilines is 1. The summed E-state index contributed by atoms with van der Waals surface area (Å²) in [5.41, 5.74) is 1.76. The van der Waals surface area contributed by atoms with Gasteiger partial charge in [0, 0.05) is 24.6 Å². The minimum absolute atomic E-state index is 0.209. The zero-order valence-electron chi connectivity index (χ0n) is 14.8. The van der Waals surface area contributed by atoms with Crippen molar-refractivity contribution in [2.75, 3.05) is 11.9 Å². The maximum absolute atomic E-state index is 12.8. The van der Waals surface area contributed by atoms with Gasteiger partial charge < -0.3 is 14.6 Å². The molecular formula is C19H19N5O3. The van der Waals surface area contributed by atoms with Crippen LogP contribution in [0, 0.1) is 6.92 Å². The number of hydrogen-bond donors (Lipinski definition) is 1. The highest BCUT2D eigenvalue weighted by Crippen LogP contribution is 2.23. The summed E-state index contributed by atoms with van der Waals surface area (Å²) in [4.78, 5) is 31.1. The lowest BCUT2D eigenvalue weighted by Gasteiger charge is -2.23. The van der Waals surface area contributed by atoms with Crippen LogP contribution >= 0.6 is 0 Å². The molecular weight excluding hydrogens is 346 g/mol. The average molecular weight is 365 g/mol. The molecule has 0 spiro atoms. The molecule has 3 aromatic rings. The first kappa shape index (κ1) is 17.0. The molecule has 0 saturated carbocycles. The fraction of sp³-hybridized carbons (Fsp3) is 0.263. The molecule has 27 heavy (non-hydrogen) atoms. The van der Waals surface area contributed by atoms with E-state index in [2.05, 4.69) is 15.4 Å². The highest BCUT2D eigenvalue weighted by molar-refractivity contribution is 6.01. The van der Waals surface area contributed by atoms with Crippen LogP contribution in [0.1, 0.15) is 29.1 Å². The second kappa shape index (κ2) is 7.06. The number of carbonyl (C=O) groups is 2. The number of amides is 2. The first-order valence-electron chi connectivity index (χ1n) is 8.75. The minimum Gasteiger partial charge on any atom is -0.448 e. The number of carbonyl (C=O) groups excluding carboxylic acids is 2. The van der Waals surface area contributed by atoms with Crippen molar-refractivity contribution < 1.29 is 14.0 Å². The number of nitrogens with one attached hydrogen (secondary N) is 1. The van der Waals surface area contributed by atoms with Gasteiger partial charge in [-0.3, -0.25) is 9.59 Å². The van der Waals surface area contributed by atoms with Gasteiger partial charge in [-0.05, 0) is 44.0 Å². The van der Waals surface area contributed by atoms with E-state index in [0.29, 0.717) is 24.4 Å². The lowest BCUT2D eigenvalue weighted by atomic mass is 10.2. The van der Waals surface area contributed by atoms with Crippen molar-refractivity contribution >= 4 is 17.5 Å². The van der Waals surface area contributed by atoms with Gasteiger partial charge in [-0.2, -0.15) is 5.10 Å². The van der Waals surface area contributed by atoms with Crippen molar-refractivity contribution in [3.63, 3.8) is 0 Å². The third-order valence-corrected chi connectivity index (χ3v) is 4.65. The van der Waals surface area contributed by atoms with Gasteiger partial charge in [0.05, 0.1) is 5.69 Å². The van der Waals surface area contributed by atoms with Crippen molar-refractivity contribution in [2.45, 2.75) is 25.8 Å². The molecule has 138 valence electrons. The number of oxazole rings is 1. The minimum atomic E-state index is -0.526. The van der Waals surface area contributed by atoms with Crippen LogP contribution in [0.4, 0.5) is 5.69 Å². The number of aryl methyl sites for hydroxylation is 1. The van der Waals surface area contributed by atoms with Gasteiger partial charge >= 0.3 is 0 Å². The Labute approximate surface area is 155 Å². The molecule has 0 aliphatic carbocycles. The van der Waals surface area contributed by atoms with E-state index in [9.17, 15) is 9.59 Å². The first-order valence-corrected chi connectivity index (χ1v) is 8.75. The number of aromatic nitrogens is 3. The van der Waals surface area contributed by atoms with E-state index in [-0.39, 0.29) is 17.5 Å². The van der Waals surface area contributed by atoms with Gasteiger partial charge in [-0.25, -0.2) is 9.67 Å². The van der Waals surface area contributed by atoms with E-state index in [1.807, 2.05) is 36.5 Å². The van der Waals surface area contributed by atoms with Gasteiger partial charge in [-0.1, -0.05) is 6.07 Å². The highest BCUT2D eigenvalue weighted by atomic mass is 16.3. The molecule has 1 atom stereocenters. The molecule has 8 nitrogen and oxygen atoms in total. The summed E-state index contributed by atoms with van der Waals surface area (Å²) >= 11 is 0. The molecule has 1 saturated heterocycles. The summed E-state index contributed by atoms with van der Waals surface area (Å²) in [6.07, 6.45) is 6.16. The Hall–Kier alpha value is -3.42. The van der Waals surface area contributed by atoms with Crippen molar-refractivity contribution in [1.82, 2.24) is 19.7 Å². The maximum atomic E-state index is 12.8. The topological polar surface area (TPSA) is 93.3 Å². The van der Waals surface area contributed by atoms with Crippen molar-refractivity contribution in [1.29, 1.82) is 0 Å². The largest absolute Gasteiger partial charge is 0.448 e. The number of benzene rings is 1. The van der Waals surface area contributed by atoms with Crippen LogP contribution in [0.25, 0.3) is 5.69 Å². The number of likely N-dealkylation sites (tertiary alicyclic amines) is 1. The predicted molar refractivity (Wildman–Crippen MR) is 97.5 cm³/mol. The zero-order valence-corrected chi connectivity index (χ0v) is 14.8. The SMILES string of the molecule is Cc1ocnc1C(=O)N1CCC[C@H]1C(=O)Nc1cccc(-n2cccn2)c1. The summed E-state index contributed by atoms with van der Waals surface area (Å²) in [7, 11) is 0. The average Bonchev–Trinajstić information content (AvgIpc) is 3.42. The van der Waals surface area contributed by atoms with Crippen LogP contribution in [0.15, 0.2) is 53.5 Å². The highest BCUT2D eigenvalue weighted by Gasteiger charge is 2.36. The fourth-order valence-electron chi connectivity index (χ4n) is 3.30. The molecule has 1 aromatic carbocycles. The van der Waals surface area contributed by atoms with Crippen LogP contribution in [0.5, 0.6) is 0 Å². The second-order valence-electron chi connectivity index (χ2n) is 6.40. The summed E-state index contributed by atoms with van der Waals surface area (Å²) in [5.74, 6) is -0.0261. The molecule has 0 radical (unpaired) electrons. The van der Waals surface area contributed by atoms with Gasteiger partial charge in [-0.15, -0.1) is 0 Å². The molecule has 1 aliphatic heterocycles. The fourth-order valence-corrected chi connectivity index (χ4v) is 3.30. The van der Waals surface area contributed by atoms with E-state index < -0.39 is 6.04 Å². The van der Waals surface area contributed by atoms with Crippen LogP contribution in [-0.2, 0) is 4.79 Å². The molecule has 2 amide bonds. The summed E-state index contributed by atoms with van der Waals surface area (Å²) in [5, 5.41) is 7.10. The molecule has 1 fully saturated rings.